The van der Waals surface area contributed by atoms with Crippen LogP contribution in [0, 0.1) is 0 Å². The molecule has 0 radical (unpaired) electrons. The third kappa shape index (κ3) is 2.14. The van der Waals surface area contributed by atoms with Crippen LogP contribution in [0.5, 0.6) is 0 Å². The molecule has 1 N–H and O–H groups in total. The lowest BCUT2D eigenvalue weighted by Gasteiger charge is -2.17. The number of benzene rings is 1. The number of aliphatic hydroxyl groups is 1. The van der Waals surface area contributed by atoms with Gasteiger partial charge in [0.1, 0.15) is 0 Å². The molecule has 2 rings (SSSR count). The standard InChI is InChI=1S/C12H16O2/c1-9(13)6-10-2-3-12-8-14-5-4-11(12)7-10/h2-3,7,9,13H,4-6,8H2,1H3. The van der Waals surface area contributed by atoms with Crippen LogP contribution < -0.4 is 0 Å². The minimum absolute atomic E-state index is 0.257. The van der Waals surface area contributed by atoms with Crippen molar-refractivity contribution >= 4 is 0 Å². The van der Waals surface area contributed by atoms with E-state index >= 15 is 0 Å². The molecule has 0 aromatic heterocycles. The quantitative estimate of drug-likeness (QED) is 0.772. The van der Waals surface area contributed by atoms with Crippen molar-refractivity contribution in [1.82, 2.24) is 0 Å². The van der Waals surface area contributed by atoms with Crippen molar-refractivity contribution in [2.24, 2.45) is 0 Å². The van der Waals surface area contributed by atoms with Crippen molar-refractivity contribution in [3.63, 3.8) is 0 Å². The van der Waals surface area contributed by atoms with Gasteiger partial charge < -0.3 is 9.84 Å². The Kier molecular flexibility index (Phi) is 2.85. The first-order valence-corrected chi connectivity index (χ1v) is 5.12. The Hall–Kier alpha value is -0.860. The molecular weight excluding hydrogens is 176 g/mol. The summed E-state index contributed by atoms with van der Waals surface area (Å²) in [6, 6.07) is 6.40. The highest BCUT2D eigenvalue weighted by Crippen LogP contribution is 2.18. The molecule has 1 atom stereocenters. The van der Waals surface area contributed by atoms with E-state index in [2.05, 4.69) is 18.2 Å². The highest BCUT2D eigenvalue weighted by atomic mass is 16.5. The van der Waals surface area contributed by atoms with E-state index in [4.69, 9.17) is 4.74 Å². The van der Waals surface area contributed by atoms with E-state index in [0.717, 1.165) is 26.1 Å². The van der Waals surface area contributed by atoms with Gasteiger partial charge in [-0.3, -0.25) is 0 Å². The van der Waals surface area contributed by atoms with Crippen LogP contribution in [-0.2, 0) is 24.2 Å². The molecule has 2 heteroatoms. The molecule has 0 fully saturated rings. The molecule has 76 valence electrons. The summed E-state index contributed by atoms with van der Waals surface area (Å²) in [7, 11) is 0. The fourth-order valence-electron chi connectivity index (χ4n) is 1.89. The number of fused-ring (bicyclic) bond motifs is 1. The molecule has 0 spiro atoms. The highest BCUT2D eigenvalue weighted by Gasteiger charge is 2.10. The zero-order valence-electron chi connectivity index (χ0n) is 8.49. The maximum atomic E-state index is 9.29. The minimum Gasteiger partial charge on any atom is -0.393 e. The van der Waals surface area contributed by atoms with Crippen molar-refractivity contribution in [3.05, 3.63) is 34.9 Å². The lowest BCUT2D eigenvalue weighted by molar-refractivity contribution is 0.110. The smallest absolute Gasteiger partial charge is 0.0719 e. The normalized spacial score (nSPS) is 17.6. The second-order valence-corrected chi connectivity index (χ2v) is 3.96. The van der Waals surface area contributed by atoms with E-state index in [1.807, 2.05) is 6.92 Å². The Morgan fingerprint density at radius 2 is 2.29 bits per heavy atom. The molecule has 1 unspecified atom stereocenters. The van der Waals surface area contributed by atoms with Gasteiger partial charge in [0.05, 0.1) is 19.3 Å². The van der Waals surface area contributed by atoms with Crippen LogP contribution in [0.3, 0.4) is 0 Å². The van der Waals surface area contributed by atoms with E-state index in [1.54, 1.807) is 0 Å². The maximum absolute atomic E-state index is 9.29. The second-order valence-electron chi connectivity index (χ2n) is 3.96. The van der Waals surface area contributed by atoms with Gasteiger partial charge in [-0.2, -0.15) is 0 Å². The number of ether oxygens (including phenoxy) is 1. The first-order valence-electron chi connectivity index (χ1n) is 5.12. The average molecular weight is 192 g/mol. The molecule has 1 aliphatic heterocycles. The van der Waals surface area contributed by atoms with E-state index in [1.165, 1.54) is 16.7 Å². The van der Waals surface area contributed by atoms with Crippen molar-refractivity contribution in [3.8, 4) is 0 Å². The van der Waals surface area contributed by atoms with Crippen molar-refractivity contribution in [1.29, 1.82) is 0 Å². The van der Waals surface area contributed by atoms with Crippen LogP contribution in [0.1, 0.15) is 23.6 Å². The zero-order chi connectivity index (χ0) is 9.97. The monoisotopic (exact) mass is 192 g/mol. The Morgan fingerprint density at radius 3 is 3.07 bits per heavy atom. The van der Waals surface area contributed by atoms with Gasteiger partial charge in [-0.1, -0.05) is 18.2 Å². The molecule has 0 amide bonds. The van der Waals surface area contributed by atoms with Gasteiger partial charge in [0.2, 0.25) is 0 Å². The number of hydrogen-bond acceptors (Lipinski definition) is 2. The molecule has 1 aliphatic rings. The van der Waals surface area contributed by atoms with E-state index in [0.29, 0.717) is 0 Å². The number of aliphatic hydroxyl groups excluding tert-OH is 1. The summed E-state index contributed by atoms with van der Waals surface area (Å²) in [5, 5.41) is 9.29. The summed E-state index contributed by atoms with van der Waals surface area (Å²) in [6.07, 6.45) is 1.49. The molecule has 0 aliphatic carbocycles. The van der Waals surface area contributed by atoms with Gasteiger partial charge in [0.15, 0.2) is 0 Å². The van der Waals surface area contributed by atoms with Crippen LogP contribution in [0.4, 0.5) is 0 Å². The minimum atomic E-state index is -0.257. The molecule has 0 saturated heterocycles. The zero-order valence-corrected chi connectivity index (χ0v) is 8.49. The fraction of sp³-hybridized carbons (Fsp3) is 0.500. The largest absolute Gasteiger partial charge is 0.393 e. The molecule has 1 heterocycles. The average Bonchev–Trinajstić information content (AvgIpc) is 2.17. The van der Waals surface area contributed by atoms with Crippen LogP contribution in [0.25, 0.3) is 0 Å². The predicted molar refractivity (Wildman–Crippen MR) is 55.2 cm³/mol. The summed E-state index contributed by atoms with van der Waals surface area (Å²) in [5.41, 5.74) is 3.90. The SMILES string of the molecule is CC(O)Cc1ccc2c(c1)CCOC2. The summed E-state index contributed by atoms with van der Waals surface area (Å²) in [6.45, 7) is 3.39. The van der Waals surface area contributed by atoms with Crippen molar-refractivity contribution in [2.45, 2.75) is 32.5 Å². The van der Waals surface area contributed by atoms with E-state index in [9.17, 15) is 5.11 Å². The molecule has 1 aromatic carbocycles. The Labute approximate surface area is 84.5 Å². The van der Waals surface area contributed by atoms with Gasteiger partial charge >= 0.3 is 0 Å². The first-order chi connectivity index (χ1) is 6.75. The second kappa shape index (κ2) is 4.11. The van der Waals surface area contributed by atoms with Crippen molar-refractivity contribution < 1.29 is 9.84 Å². The molecule has 14 heavy (non-hydrogen) atoms. The van der Waals surface area contributed by atoms with E-state index < -0.39 is 0 Å². The van der Waals surface area contributed by atoms with Gasteiger partial charge in [0.25, 0.3) is 0 Å². The van der Waals surface area contributed by atoms with Gasteiger partial charge in [-0.05, 0) is 36.5 Å². The molecule has 2 nitrogen and oxygen atoms in total. The molecule has 1 aromatic rings. The summed E-state index contributed by atoms with van der Waals surface area (Å²) < 4.78 is 5.37. The summed E-state index contributed by atoms with van der Waals surface area (Å²) in [5.74, 6) is 0. The molecular formula is C12H16O2. The Morgan fingerprint density at radius 1 is 1.43 bits per heavy atom. The van der Waals surface area contributed by atoms with Crippen molar-refractivity contribution in [2.75, 3.05) is 6.61 Å². The fourth-order valence-corrected chi connectivity index (χ4v) is 1.89. The Bertz CT molecular complexity index is 318. The third-order valence-electron chi connectivity index (χ3n) is 2.58. The van der Waals surface area contributed by atoms with Gasteiger partial charge in [-0.15, -0.1) is 0 Å². The maximum Gasteiger partial charge on any atom is 0.0719 e. The topological polar surface area (TPSA) is 29.5 Å². The summed E-state index contributed by atoms with van der Waals surface area (Å²) >= 11 is 0. The lowest BCUT2D eigenvalue weighted by Crippen LogP contribution is -2.11. The van der Waals surface area contributed by atoms with Gasteiger partial charge in [0, 0.05) is 0 Å². The Balaban J connectivity index is 2.20. The third-order valence-corrected chi connectivity index (χ3v) is 2.58. The number of rotatable bonds is 2. The molecule has 0 bridgehead atoms. The van der Waals surface area contributed by atoms with Crippen LogP contribution in [0.2, 0.25) is 0 Å². The number of hydrogen-bond donors (Lipinski definition) is 1. The predicted octanol–water partition coefficient (Wildman–Crippen LogP) is 1.68. The lowest BCUT2D eigenvalue weighted by atomic mass is 9.98. The van der Waals surface area contributed by atoms with Gasteiger partial charge in [-0.25, -0.2) is 0 Å². The first kappa shape index (κ1) is 9.69. The van der Waals surface area contributed by atoms with Crippen LogP contribution in [0.15, 0.2) is 18.2 Å². The van der Waals surface area contributed by atoms with E-state index in [-0.39, 0.29) is 6.10 Å². The summed E-state index contributed by atoms with van der Waals surface area (Å²) in [4.78, 5) is 0. The van der Waals surface area contributed by atoms with Crippen LogP contribution >= 0.6 is 0 Å². The highest BCUT2D eigenvalue weighted by molar-refractivity contribution is 5.33. The molecule has 0 saturated carbocycles. The van der Waals surface area contributed by atoms with Crippen LogP contribution in [-0.4, -0.2) is 17.8 Å².